The van der Waals surface area contributed by atoms with Crippen molar-refractivity contribution in [2.75, 3.05) is 0 Å². The van der Waals surface area contributed by atoms with Gasteiger partial charge in [0.25, 0.3) is 5.56 Å². The third kappa shape index (κ3) is 4.92. The van der Waals surface area contributed by atoms with Gasteiger partial charge >= 0.3 is 6.36 Å². The number of amides is 1. The van der Waals surface area contributed by atoms with E-state index in [-0.39, 0.29) is 17.9 Å². The summed E-state index contributed by atoms with van der Waals surface area (Å²) in [5.74, 6) is -0.792. The van der Waals surface area contributed by atoms with Crippen LogP contribution >= 0.6 is 0 Å². The van der Waals surface area contributed by atoms with Crippen molar-refractivity contribution < 1.29 is 22.7 Å². The lowest BCUT2D eigenvalue weighted by molar-refractivity contribution is -0.274. The summed E-state index contributed by atoms with van der Waals surface area (Å²) in [6.07, 6.45) is -4.76. The van der Waals surface area contributed by atoms with E-state index in [0.717, 1.165) is 10.1 Å². The van der Waals surface area contributed by atoms with Crippen molar-refractivity contribution in [1.82, 2.24) is 15.1 Å². The summed E-state index contributed by atoms with van der Waals surface area (Å²) >= 11 is 0. The minimum atomic E-state index is -4.76. The summed E-state index contributed by atoms with van der Waals surface area (Å²) in [5.41, 5.74) is 0.840. The molecule has 1 unspecified atom stereocenters. The van der Waals surface area contributed by atoms with Crippen LogP contribution in [0, 0.1) is 6.92 Å². The minimum Gasteiger partial charge on any atom is -0.406 e. The van der Waals surface area contributed by atoms with Crippen LogP contribution in [0.5, 0.6) is 5.75 Å². The van der Waals surface area contributed by atoms with Gasteiger partial charge in [0.2, 0.25) is 5.91 Å². The van der Waals surface area contributed by atoms with E-state index in [1.165, 1.54) is 24.3 Å². The highest BCUT2D eigenvalue weighted by Crippen LogP contribution is 2.24. The van der Waals surface area contributed by atoms with Gasteiger partial charge < -0.3 is 10.1 Å². The molecule has 0 aliphatic carbocycles. The van der Waals surface area contributed by atoms with Gasteiger partial charge in [-0.05, 0) is 37.6 Å². The molecular formula is C20H18F3N3O3. The van der Waals surface area contributed by atoms with Gasteiger partial charge in [0.15, 0.2) is 0 Å². The van der Waals surface area contributed by atoms with Gasteiger partial charge in [-0.25, -0.2) is 4.68 Å². The Bertz CT molecular complexity index is 1090. The fourth-order valence-corrected chi connectivity index (χ4v) is 2.98. The van der Waals surface area contributed by atoms with Crippen LogP contribution in [0.2, 0.25) is 0 Å². The molecule has 0 spiro atoms. The molecule has 1 amide bonds. The van der Waals surface area contributed by atoms with Crippen molar-refractivity contribution in [1.29, 1.82) is 0 Å². The smallest absolute Gasteiger partial charge is 0.406 e. The van der Waals surface area contributed by atoms with Crippen LogP contribution in [0.15, 0.2) is 53.3 Å². The number of aryl methyl sites for hydroxylation is 1. The fraction of sp³-hybridized carbons (Fsp3) is 0.250. The molecule has 1 heterocycles. The second kappa shape index (κ2) is 7.94. The summed E-state index contributed by atoms with van der Waals surface area (Å²) in [5, 5.41) is 8.09. The Hall–Kier alpha value is -3.36. The van der Waals surface area contributed by atoms with Crippen LogP contribution in [-0.2, 0) is 11.3 Å². The van der Waals surface area contributed by atoms with E-state index in [4.69, 9.17) is 0 Å². The maximum Gasteiger partial charge on any atom is 0.573 e. The highest BCUT2D eigenvalue weighted by Gasteiger charge is 2.31. The molecule has 0 aliphatic heterocycles. The van der Waals surface area contributed by atoms with Crippen LogP contribution in [0.25, 0.3) is 10.8 Å². The van der Waals surface area contributed by atoms with Gasteiger partial charge in [0.05, 0.1) is 17.1 Å². The van der Waals surface area contributed by atoms with Gasteiger partial charge in [-0.2, -0.15) is 5.10 Å². The number of fused-ring (bicyclic) bond motifs is 1. The number of ether oxygens (including phenoxy) is 1. The molecule has 6 nitrogen and oxygen atoms in total. The number of nitrogens with zero attached hydrogens (tertiary/aromatic N) is 2. The largest absolute Gasteiger partial charge is 0.573 e. The van der Waals surface area contributed by atoms with Crippen molar-refractivity contribution >= 4 is 16.7 Å². The number of rotatable bonds is 5. The standard InChI is InChI=1S/C20H18F3N3O3/c1-12(14-7-9-15(10-8-14)29-20(21,22)23)24-18(27)11-26-19(28)17-6-4-3-5-16(17)13(2)25-26/h3-10,12H,11H2,1-2H3,(H,24,27). The average molecular weight is 405 g/mol. The van der Waals surface area contributed by atoms with Crippen molar-refractivity contribution in [3.05, 3.63) is 70.1 Å². The highest BCUT2D eigenvalue weighted by molar-refractivity contribution is 5.83. The zero-order valence-corrected chi connectivity index (χ0v) is 15.7. The first-order valence-corrected chi connectivity index (χ1v) is 8.75. The number of hydrogen-bond acceptors (Lipinski definition) is 4. The molecule has 0 aliphatic rings. The van der Waals surface area contributed by atoms with Crippen molar-refractivity contribution in [3.63, 3.8) is 0 Å². The molecule has 1 atom stereocenters. The number of halogens is 3. The summed E-state index contributed by atoms with van der Waals surface area (Å²) in [6.45, 7) is 3.16. The lowest BCUT2D eigenvalue weighted by atomic mass is 10.1. The van der Waals surface area contributed by atoms with E-state index in [1.54, 1.807) is 38.1 Å². The fourth-order valence-electron chi connectivity index (χ4n) is 2.98. The number of hydrogen-bond donors (Lipinski definition) is 1. The zero-order chi connectivity index (χ0) is 21.2. The molecule has 0 radical (unpaired) electrons. The van der Waals surface area contributed by atoms with Crippen molar-refractivity contribution in [2.45, 2.75) is 32.8 Å². The van der Waals surface area contributed by atoms with Gasteiger partial charge in [-0.1, -0.05) is 30.3 Å². The maximum absolute atomic E-state index is 12.5. The molecule has 0 fully saturated rings. The molecule has 0 saturated heterocycles. The molecule has 152 valence electrons. The molecule has 2 aromatic carbocycles. The predicted molar refractivity (Wildman–Crippen MR) is 100 cm³/mol. The number of aromatic nitrogens is 2. The van der Waals surface area contributed by atoms with Crippen LogP contribution in [0.1, 0.15) is 24.2 Å². The van der Waals surface area contributed by atoms with Gasteiger partial charge in [0, 0.05) is 5.39 Å². The first kappa shape index (κ1) is 20.4. The average Bonchev–Trinajstić information content (AvgIpc) is 2.65. The Labute approximate surface area is 163 Å². The van der Waals surface area contributed by atoms with Crippen molar-refractivity contribution in [3.8, 4) is 5.75 Å². The topological polar surface area (TPSA) is 73.2 Å². The van der Waals surface area contributed by atoms with E-state index in [0.29, 0.717) is 16.6 Å². The Morgan fingerprint density at radius 2 is 1.76 bits per heavy atom. The number of alkyl halides is 3. The quantitative estimate of drug-likeness (QED) is 0.705. The first-order valence-electron chi connectivity index (χ1n) is 8.75. The number of nitrogens with one attached hydrogen (secondary N) is 1. The van der Waals surface area contributed by atoms with Crippen LogP contribution < -0.4 is 15.6 Å². The Morgan fingerprint density at radius 3 is 2.38 bits per heavy atom. The SMILES string of the molecule is Cc1nn(CC(=O)NC(C)c2ccc(OC(F)(F)F)cc2)c(=O)c2ccccc12. The van der Waals surface area contributed by atoms with Gasteiger partial charge in [0.1, 0.15) is 12.3 Å². The molecule has 1 N–H and O–H groups in total. The minimum absolute atomic E-state index is 0.274. The Balaban J connectivity index is 1.70. The zero-order valence-electron chi connectivity index (χ0n) is 15.7. The predicted octanol–water partition coefficient (Wildman–Crippen LogP) is 3.48. The Morgan fingerprint density at radius 1 is 1.14 bits per heavy atom. The van der Waals surface area contributed by atoms with E-state index in [9.17, 15) is 22.8 Å². The second-order valence-corrected chi connectivity index (χ2v) is 6.50. The maximum atomic E-state index is 12.5. The van der Waals surface area contributed by atoms with Crippen molar-refractivity contribution in [2.24, 2.45) is 0 Å². The summed E-state index contributed by atoms with van der Waals surface area (Å²) in [4.78, 5) is 24.9. The molecule has 3 aromatic rings. The normalized spacial score (nSPS) is 12.6. The number of carbonyl (C=O) groups excluding carboxylic acids is 1. The third-order valence-electron chi connectivity index (χ3n) is 4.34. The highest BCUT2D eigenvalue weighted by atomic mass is 19.4. The Kier molecular flexibility index (Phi) is 5.58. The molecule has 9 heteroatoms. The van der Waals surface area contributed by atoms with E-state index in [1.807, 2.05) is 0 Å². The van der Waals surface area contributed by atoms with Gasteiger partial charge in [-0.15, -0.1) is 13.2 Å². The molecule has 1 aromatic heterocycles. The van der Waals surface area contributed by atoms with Crippen LogP contribution in [-0.4, -0.2) is 22.1 Å². The monoisotopic (exact) mass is 405 g/mol. The molecule has 0 saturated carbocycles. The lowest BCUT2D eigenvalue weighted by Gasteiger charge is -2.16. The van der Waals surface area contributed by atoms with Crippen LogP contribution in [0.4, 0.5) is 13.2 Å². The molecule has 0 bridgehead atoms. The summed E-state index contributed by atoms with van der Waals surface area (Å²) in [6, 6.07) is 11.7. The third-order valence-corrected chi connectivity index (χ3v) is 4.34. The number of benzene rings is 2. The lowest BCUT2D eigenvalue weighted by Crippen LogP contribution is -2.35. The second-order valence-electron chi connectivity index (χ2n) is 6.50. The van der Waals surface area contributed by atoms with Gasteiger partial charge in [-0.3, -0.25) is 9.59 Å². The summed E-state index contributed by atoms with van der Waals surface area (Å²) in [7, 11) is 0. The molecular weight excluding hydrogens is 387 g/mol. The van der Waals surface area contributed by atoms with E-state index >= 15 is 0 Å². The molecule has 29 heavy (non-hydrogen) atoms. The summed E-state index contributed by atoms with van der Waals surface area (Å²) < 4.78 is 41.6. The van der Waals surface area contributed by atoms with Crippen LogP contribution in [0.3, 0.4) is 0 Å². The van der Waals surface area contributed by atoms with E-state index in [2.05, 4.69) is 15.2 Å². The number of carbonyl (C=O) groups is 1. The first-order chi connectivity index (χ1) is 13.6. The van der Waals surface area contributed by atoms with E-state index < -0.39 is 18.3 Å². The molecule has 3 rings (SSSR count).